The van der Waals surface area contributed by atoms with E-state index < -0.39 is 0 Å². The average Bonchev–Trinajstić information content (AvgIpc) is 2.58. The predicted molar refractivity (Wildman–Crippen MR) is 99.9 cm³/mol. The highest BCUT2D eigenvalue weighted by Crippen LogP contribution is 2.30. The van der Waals surface area contributed by atoms with Gasteiger partial charge >= 0.3 is 0 Å². The van der Waals surface area contributed by atoms with E-state index >= 15 is 0 Å². The summed E-state index contributed by atoms with van der Waals surface area (Å²) in [6, 6.07) is 7.25. The Hall–Kier alpha value is -1.30. The number of rotatable bonds is 8. The fourth-order valence-corrected chi connectivity index (χ4v) is 3.52. The van der Waals surface area contributed by atoms with Crippen LogP contribution in [0.2, 0.25) is 10.0 Å². The molecule has 24 heavy (non-hydrogen) atoms. The van der Waals surface area contributed by atoms with Gasteiger partial charge in [0.15, 0.2) is 5.16 Å². The lowest BCUT2D eigenvalue weighted by Gasteiger charge is -2.19. The lowest BCUT2D eigenvalue weighted by atomic mass is 9.94. The van der Waals surface area contributed by atoms with Crippen LogP contribution in [0.25, 0.3) is 0 Å². The number of thioether (sulfide) groups is 1. The summed E-state index contributed by atoms with van der Waals surface area (Å²) in [5.74, 6) is 0.414. The molecule has 0 unspecified atom stereocenters. The molecular weight excluding hydrogens is 365 g/mol. The minimum Gasteiger partial charge on any atom is -0.355 e. The molecule has 128 valence electrons. The van der Waals surface area contributed by atoms with Crippen molar-refractivity contribution in [2.75, 3.05) is 12.3 Å². The quantitative estimate of drug-likeness (QED) is 0.535. The van der Waals surface area contributed by atoms with Crippen LogP contribution in [0.3, 0.4) is 0 Å². The average molecular weight is 384 g/mol. The maximum Gasteiger partial charge on any atom is 0.230 e. The number of amides is 1. The molecule has 1 N–H and O–H groups in total. The second kappa shape index (κ2) is 9.87. The zero-order valence-electron chi connectivity index (χ0n) is 13.3. The van der Waals surface area contributed by atoms with Crippen LogP contribution in [0.5, 0.6) is 0 Å². The van der Waals surface area contributed by atoms with Crippen molar-refractivity contribution in [3.8, 4) is 0 Å². The maximum absolute atomic E-state index is 12.1. The van der Waals surface area contributed by atoms with Gasteiger partial charge < -0.3 is 5.32 Å². The Bertz CT molecular complexity index is 670. The van der Waals surface area contributed by atoms with Crippen LogP contribution < -0.4 is 5.32 Å². The topological polar surface area (TPSA) is 54.9 Å². The molecule has 0 radical (unpaired) electrons. The zero-order chi connectivity index (χ0) is 17.4. The molecule has 0 aliphatic heterocycles. The van der Waals surface area contributed by atoms with Gasteiger partial charge in [0, 0.05) is 34.9 Å². The Morgan fingerprint density at radius 3 is 2.71 bits per heavy atom. The number of hydrogen-bond acceptors (Lipinski definition) is 4. The van der Waals surface area contributed by atoms with Crippen molar-refractivity contribution in [2.45, 2.75) is 30.8 Å². The standard InChI is InChI=1S/C17H19Cl2N3OS/c1-2-4-12(14-6-5-13(18)9-15(14)19)10-22-16(23)11-24-17-20-7-3-8-21-17/h3,5-9,12H,2,4,10-11H2,1H3,(H,22,23)/t12-/m1/s1. The second-order valence-electron chi connectivity index (χ2n) is 5.28. The predicted octanol–water partition coefficient (Wildman–Crippen LogP) is 4.58. The largest absolute Gasteiger partial charge is 0.355 e. The summed E-state index contributed by atoms with van der Waals surface area (Å²) in [5, 5.41) is 4.82. The van der Waals surface area contributed by atoms with Gasteiger partial charge in [0.1, 0.15) is 0 Å². The molecule has 7 heteroatoms. The maximum atomic E-state index is 12.1. The molecule has 2 aromatic rings. The van der Waals surface area contributed by atoms with E-state index in [1.807, 2.05) is 12.1 Å². The molecule has 0 saturated carbocycles. The third kappa shape index (κ3) is 5.96. The summed E-state index contributed by atoms with van der Waals surface area (Å²) in [4.78, 5) is 20.2. The highest BCUT2D eigenvalue weighted by molar-refractivity contribution is 7.99. The first-order valence-electron chi connectivity index (χ1n) is 7.71. The fourth-order valence-electron chi connectivity index (χ4n) is 2.33. The molecule has 0 fully saturated rings. The smallest absolute Gasteiger partial charge is 0.230 e. The normalized spacial score (nSPS) is 12.0. The number of nitrogens with one attached hydrogen (secondary N) is 1. The first kappa shape index (κ1) is 19.0. The van der Waals surface area contributed by atoms with Gasteiger partial charge in [-0.25, -0.2) is 9.97 Å². The summed E-state index contributed by atoms with van der Waals surface area (Å²) >= 11 is 13.6. The van der Waals surface area contributed by atoms with Crippen LogP contribution in [0.15, 0.2) is 41.8 Å². The number of benzene rings is 1. The number of halogens is 2. The first-order valence-corrected chi connectivity index (χ1v) is 9.45. The lowest BCUT2D eigenvalue weighted by Crippen LogP contribution is -2.30. The number of nitrogens with zero attached hydrogens (tertiary/aromatic N) is 2. The molecule has 1 aromatic heterocycles. The van der Waals surface area contributed by atoms with Gasteiger partial charge in [0.2, 0.25) is 5.91 Å². The van der Waals surface area contributed by atoms with Gasteiger partial charge in [-0.2, -0.15) is 0 Å². The van der Waals surface area contributed by atoms with E-state index in [4.69, 9.17) is 23.2 Å². The second-order valence-corrected chi connectivity index (χ2v) is 7.06. The Morgan fingerprint density at radius 2 is 2.04 bits per heavy atom. The molecule has 0 aliphatic rings. The van der Waals surface area contributed by atoms with Gasteiger partial charge in [0.05, 0.1) is 5.75 Å². The van der Waals surface area contributed by atoms with Gasteiger partial charge in [-0.1, -0.05) is 54.4 Å². The van der Waals surface area contributed by atoms with Crippen molar-refractivity contribution >= 4 is 40.9 Å². The minimum absolute atomic E-state index is 0.0429. The molecule has 4 nitrogen and oxygen atoms in total. The third-order valence-corrected chi connectivity index (χ3v) is 4.90. The van der Waals surface area contributed by atoms with E-state index in [1.165, 1.54) is 11.8 Å². The summed E-state index contributed by atoms with van der Waals surface area (Å²) in [7, 11) is 0. The Balaban J connectivity index is 1.89. The van der Waals surface area contributed by atoms with Crippen molar-refractivity contribution in [3.05, 3.63) is 52.3 Å². The molecular formula is C17H19Cl2N3OS. The molecule has 1 heterocycles. The highest BCUT2D eigenvalue weighted by atomic mass is 35.5. The monoisotopic (exact) mass is 383 g/mol. The van der Waals surface area contributed by atoms with E-state index in [0.29, 0.717) is 21.7 Å². The van der Waals surface area contributed by atoms with Crippen LogP contribution in [0, 0.1) is 0 Å². The molecule has 2 rings (SSSR count). The SMILES string of the molecule is CCC[C@H](CNC(=O)CSc1ncccn1)c1ccc(Cl)cc1Cl. The number of carbonyl (C=O) groups is 1. The minimum atomic E-state index is -0.0429. The van der Waals surface area contributed by atoms with E-state index in [-0.39, 0.29) is 17.6 Å². The van der Waals surface area contributed by atoms with E-state index in [9.17, 15) is 4.79 Å². The van der Waals surface area contributed by atoms with Gasteiger partial charge in [-0.15, -0.1) is 0 Å². The number of aromatic nitrogens is 2. The van der Waals surface area contributed by atoms with E-state index in [0.717, 1.165) is 18.4 Å². The van der Waals surface area contributed by atoms with E-state index in [2.05, 4.69) is 22.2 Å². The van der Waals surface area contributed by atoms with Gasteiger partial charge in [-0.3, -0.25) is 4.79 Å². The summed E-state index contributed by atoms with van der Waals surface area (Å²) in [6.07, 6.45) is 5.27. The molecule has 1 aromatic carbocycles. The third-order valence-electron chi connectivity index (χ3n) is 3.46. The van der Waals surface area contributed by atoms with E-state index in [1.54, 1.807) is 24.5 Å². The molecule has 1 atom stereocenters. The molecule has 0 spiro atoms. The van der Waals surface area contributed by atoms with Crippen molar-refractivity contribution in [2.24, 2.45) is 0 Å². The molecule has 0 bridgehead atoms. The summed E-state index contributed by atoms with van der Waals surface area (Å²) in [6.45, 7) is 2.66. The Labute approximate surface area is 156 Å². The summed E-state index contributed by atoms with van der Waals surface area (Å²) in [5.41, 5.74) is 1.02. The van der Waals surface area contributed by atoms with Crippen LogP contribution in [-0.2, 0) is 4.79 Å². The van der Waals surface area contributed by atoms with Crippen LogP contribution in [-0.4, -0.2) is 28.2 Å². The van der Waals surface area contributed by atoms with Gasteiger partial charge in [-0.05, 0) is 30.2 Å². The van der Waals surface area contributed by atoms with Crippen molar-refractivity contribution in [1.29, 1.82) is 0 Å². The van der Waals surface area contributed by atoms with Crippen LogP contribution in [0.1, 0.15) is 31.2 Å². The van der Waals surface area contributed by atoms with Crippen LogP contribution >= 0.6 is 35.0 Å². The Morgan fingerprint density at radius 1 is 1.29 bits per heavy atom. The van der Waals surface area contributed by atoms with Crippen molar-refractivity contribution in [3.63, 3.8) is 0 Å². The fraction of sp³-hybridized carbons (Fsp3) is 0.353. The molecule has 0 aliphatic carbocycles. The van der Waals surface area contributed by atoms with Gasteiger partial charge in [0.25, 0.3) is 0 Å². The number of hydrogen-bond donors (Lipinski definition) is 1. The Kier molecular flexibility index (Phi) is 7.82. The zero-order valence-corrected chi connectivity index (χ0v) is 15.7. The van der Waals surface area contributed by atoms with Crippen molar-refractivity contribution in [1.82, 2.24) is 15.3 Å². The first-order chi connectivity index (χ1) is 11.6. The van der Waals surface area contributed by atoms with Crippen molar-refractivity contribution < 1.29 is 4.79 Å². The molecule has 0 saturated heterocycles. The molecule has 1 amide bonds. The lowest BCUT2D eigenvalue weighted by molar-refractivity contribution is -0.118. The van der Waals surface area contributed by atoms with Crippen LogP contribution in [0.4, 0.5) is 0 Å². The highest BCUT2D eigenvalue weighted by Gasteiger charge is 2.16. The number of carbonyl (C=O) groups excluding carboxylic acids is 1. The summed E-state index contributed by atoms with van der Waals surface area (Å²) < 4.78 is 0.